The molecule has 1 heterocycles. The lowest BCUT2D eigenvalue weighted by Crippen LogP contribution is -2.02. The number of ether oxygens (including phenoxy) is 1. The summed E-state index contributed by atoms with van der Waals surface area (Å²) in [5, 5.41) is 19.4. The van der Waals surface area contributed by atoms with E-state index in [9.17, 15) is 14.7 Å². The summed E-state index contributed by atoms with van der Waals surface area (Å²) in [5.41, 5.74) is 12.8. The van der Waals surface area contributed by atoms with Gasteiger partial charge in [0.05, 0.1) is 12.7 Å². The van der Waals surface area contributed by atoms with Gasteiger partial charge in [-0.1, -0.05) is 79.2 Å². The molecule has 0 unspecified atom stereocenters. The Kier molecular flexibility index (Phi) is 13.9. The van der Waals surface area contributed by atoms with Crippen LogP contribution in [0.3, 0.4) is 0 Å². The second-order valence-electron chi connectivity index (χ2n) is 12.5. The first-order chi connectivity index (χ1) is 23.8. The van der Waals surface area contributed by atoms with Crippen LogP contribution in [-0.4, -0.2) is 30.0 Å². The van der Waals surface area contributed by atoms with Gasteiger partial charge in [-0.2, -0.15) is 0 Å². The van der Waals surface area contributed by atoms with E-state index >= 15 is 0 Å². The molecule has 1 fully saturated rings. The Labute approximate surface area is 294 Å². The van der Waals surface area contributed by atoms with E-state index in [-0.39, 0.29) is 11.6 Å². The lowest BCUT2D eigenvalue weighted by Gasteiger charge is -2.14. The highest BCUT2D eigenvalue weighted by molar-refractivity contribution is 5.75. The van der Waals surface area contributed by atoms with E-state index in [1.54, 1.807) is 0 Å². The number of nitrogens with one attached hydrogen (secondary N) is 3. The maximum Gasteiger partial charge on any atom is 0.211 e. The molecule has 5 aromatic rings. The normalized spacial score (nSPS) is 13.5. The third-order valence-corrected chi connectivity index (χ3v) is 8.80. The number of hydrogen-bond donors (Lipinski definition) is 4. The molecule has 1 saturated heterocycles. The number of aryl methyl sites for hydroxylation is 4. The molecule has 50 heavy (non-hydrogen) atoms. The fourth-order valence-electron chi connectivity index (χ4n) is 5.75. The van der Waals surface area contributed by atoms with E-state index in [1.807, 2.05) is 56.3 Å². The van der Waals surface area contributed by atoms with Crippen LogP contribution in [0, 0.1) is 20.8 Å². The fourth-order valence-corrected chi connectivity index (χ4v) is 5.75. The topological polar surface area (TPSA) is 134 Å². The van der Waals surface area contributed by atoms with Crippen LogP contribution in [0.1, 0.15) is 64.9 Å². The summed E-state index contributed by atoms with van der Waals surface area (Å²) in [7, 11) is 0. The van der Waals surface area contributed by atoms with Gasteiger partial charge >= 0.3 is 0 Å². The summed E-state index contributed by atoms with van der Waals surface area (Å²) in [6, 6.07) is 37.2. The summed E-state index contributed by atoms with van der Waals surface area (Å²) in [4.78, 5) is 21.0. The minimum Gasteiger partial charge on any atom is -0.412 e. The number of epoxide rings is 1. The van der Waals surface area contributed by atoms with Crippen LogP contribution >= 0.6 is 0 Å². The summed E-state index contributed by atoms with van der Waals surface area (Å²) in [5.74, 6) is 0. The highest BCUT2D eigenvalue weighted by Gasteiger charge is 2.25. The molecule has 0 bridgehead atoms. The van der Waals surface area contributed by atoms with Crippen LogP contribution in [0.2, 0.25) is 0 Å². The molecule has 2 amide bonds. The molecule has 1 aliphatic heterocycles. The molecular weight excluding hydrogens is 626 g/mol. The Morgan fingerprint density at radius 3 is 2.02 bits per heavy atom. The third kappa shape index (κ3) is 10.6. The average Bonchev–Trinajstić information content (AvgIpc) is 3.97. The SMILES string of the molecule is Cc1ccc([C@@H](O)CCCCc2ccc(Nc3ccc(C)c(-c4ccccc4)c3)cc2)cc1NC=O.Cc1ccc([C@@H]2CO2)cc1NC=O.O. The molecule has 0 saturated carbocycles. The predicted octanol–water partition coefficient (Wildman–Crippen LogP) is 8.54. The first-order valence-corrected chi connectivity index (χ1v) is 16.8. The number of rotatable bonds is 14. The molecule has 8 nitrogen and oxygen atoms in total. The van der Waals surface area contributed by atoms with Gasteiger partial charge in [-0.05, 0) is 121 Å². The highest BCUT2D eigenvalue weighted by Crippen LogP contribution is 2.32. The molecule has 0 aliphatic carbocycles. The average molecular weight is 674 g/mol. The number of aliphatic hydroxyl groups is 1. The maximum absolute atomic E-state index is 10.8. The van der Waals surface area contributed by atoms with Crippen LogP contribution in [0.25, 0.3) is 11.1 Å². The van der Waals surface area contributed by atoms with Gasteiger partial charge in [0.2, 0.25) is 12.8 Å². The standard InChI is InChI=1S/C32H34N2O2.C10H11NO2.H2O/c1-23-13-17-29(21-30(23)26-9-4-3-5-10-26)34-28-18-14-25(15-19-28)8-6-7-11-32(36)27-16-12-24(2)31(20-27)33-22-35;1-7-2-3-8(10-5-13-10)4-9(7)11-6-12;/h3-5,9-10,12-22,32,34,36H,6-8,11H2,1-2H3,(H,33,35);2-4,6,10H,5H2,1H3,(H,11,12);1H2/t32-;10-;/m00./s1. The summed E-state index contributed by atoms with van der Waals surface area (Å²) in [6.45, 7) is 6.83. The Hall–Kier alpha value is -5.28. The molecule has 0 radical (unpaired) electrons. The van der Waals surface area contributed by atoms with E-state index in [1.165, 1.54) is 22.3 Å². The zero-order chi connectivity index (χ0) is 34.6. The quantitative estimate of drug-likeness (QED) is 0.0533. The van der Waals surface area contributed by atoms with E-state index in [0.717, 1.165) is 70.9 Å². The zero-order valence-electron chi connectivity index (χ0n) is 28.9. The second-order valence-corrected chi connectivity index (χ2v) is 12.5. The van der Waals surface area contributed by atoms with Gasteiger partial charge in [-0.25, -0.2) is 0 Å². The van der Waals surface area contributed by atoms with Crippen LogP contribution in [0.4, 0.5) is 22.7 Å². The molecular formula is C42H47N3O5. The molecule has 6 N–H and O–H groups in total. The Bertz CT molecular complexity index is 1840. The number of hydrogen-bond acceptors (Lipinski definition) is 5. The smallest absolute Gasteiger partial charge is 0.211 e. The van der Waals surface area contributed by atoms with Crippen molar-refractivity contribution in [3.8, 4) is 11.1 Å². The first-order valence-electron chi connectivity index (χ1n) is 16.8. The summed E-state index contributed by atoms with van der Waals surface area (Å²) in [6.07, 6.45) is 4.68. The minimum atomic E-state index is -0.528. The van der Waals surface area contributed by atoms with Gasteiger partial charge in [0, 0.05) is 22.7 Å². The molecule has 0 aromatic heterocycles. The molecule has 8 heteroatoms. The molecule has 1 aliphatic rings. The van der Waals surface area contributed by atoms with Crippen molar-refractivity contribution in [2.75, 3.05) is 22.6 Å². The lowest BCUT2D eigenvalue weighted by atomic mass is 9.99. The number of carbonyl (C=O) groups is 2. The van der Waals surface area contributed by atoms with Gasteiger partial charge in [0.1, 0.15) is 6.10 Å². The zero-order valence-corrected chi connectivity index (χ0v) is 28.9. The van der Waals surface area contributed by atoms with Crippen molar-refractivity contribution in [3.63, 3.8) is 0 Å². The van der Waals surface area contributed by atoms with Gasteiger partial charge in [-0.3, -0.25) is 9.59 Å². The number of aliphatic hydroxyl groups excluding tert-OH is 1. The van der Waals surface area contributed by atoms with Crippen LogP contribution in [0.5, 0.6) is 0 Å². The van der Waals surface area contributed by atoms with Crippen molar-refractivity contribution in [2.45, 2.75) is 58.7 Å². The van der Waals surface area contributed by atoms with E-state index in [0.29, 0.717) is 19.2 Å². The number of anilines is 4. The van der Waals surface area contributed by atoms with E-state index < -0.39 is 6.10 Å². The minimum absolute atomic E-state index is 0. The molecule has 2 atom stereocenters. The van der Waals surface area contributed by atoms with Crippen LogP contribution < -0.4 is 16.0 Å². The highest BCUT2D eigenvalue weighted by atomic mass is 16.6. The number of benzene rings is 5. The first kappa shape index (κ1) is 37.5. The van der Waals surface area contributed by atoms with E-state index in [2.05, 4.69) is 89.6 Å². The van der Waals surface area contributed by atoms with Crippen molar-refractivity contribution in [1.82, 2.24) is 0 Å². The number of amides is 2. The number of carbonyl (C=O) groups excluding carboxylic acids is 2. The third-order valence-electron chi connectivity index (χ3n) is 8.80. The van der Waals surface area contributed by atoms with Gasteiger partial charge in [0.15, 0.2) is 0 Å². The Morgan fingerprint density at radius 2 is 1.36 bits per heavy atom. The maximum atomic E-state index is 10.8. The molecule has 260 valence electrons. The molecule has 5 aromatic carbocycles. The van der Waals surface area contributed by atoms with Crippen molar-refractivity contribution in [3.05, 3.63) is 143 Å². The van der Waals surface area contributed by atoms with Crippen LogP contribution in [-0.2, 0) is 20.7 Å². The van der Waals surface area contributed by atoms with Crippen molar-refractivity contribution < 1.29 is 24.9 Å². The number of unbranched alkanes of at least 4 members (excludes halogenated alkanes) is 1. The monoisotopic (exact) mass is 673 g/mol. The molecule has 6 rings (SSSR count). The summed E-state index contributed by atoms with van der Waals surface area (Å²) >= 11 is 0. The fraction of sp³-hybridized carbons (Fsp3) is 0.238. The van der Waals surface area contributed by atoms with Gasteiger partial charge in [0.25, 0.3) is 0 Å². The Morgan fingerprint density at radius 1 is 0.740 bits per heavy atom. The predicted molar refractivity (Wildman–Crippen MR) is 203 cm³/mol. The van der Waals surface area contributed by atoms with Crippen molar-refractivity contribution >= 4 is 35.6 Å². The van der Waals surface area contributed by atoms with Gasteiger partial charge in [-0.15, -0.1) is 0 Å². The second kappa shape index (κ2) is 18.5. The van der Waals surface area contributed by atoms with Gasteiger partial charge < -0.3 is 31.3 Å². The lowest BCUT2D eigenvalue weighted by molar-refractivity contribution is -0.106. The van der Waals surface area contributed by atoms with E-state index in [4.69, 9.17) is 4.74 Å². The van der Waals surface area contributed by atoms with Crippen LogP contribution in [0.15, 0.2) is 109 Å². The molecule has 0 spiro atoms. The summed E-state index contributed by atoms with van der Waals surface area (Å²) < 4.78 is 5.15. The van der Waals surface area contributed by atoms with Crippen molar-refractivity contribution in [2.24, 2.45) is 0 Å². The Balaban J connectivity index is 0.000000335. The largest absolute Gasteiger partial charge is 0.412 e. The van der Waals surface area contributed by atoms with Crippen molar-refractivity contribution in [1.29, 1.82) is 0 Å².